The van der Waals surface area contributed by atoms with Gasteiger partial charge < -0.3 is 4.57 Å². The van der Waals surface area contributed by atoms with Crippen molar-refractivity contribution in [1.82, 2.24) is 9.55 Å². The summed E-state index contributed by atoms with van der Waals surface area (Å²) < 4.78 is 15.3. The van der Waals surface area contributed by atoms with Crippen LogP contribution < -0.4 is 0 Å². The largest absolute Gasteiger partial charge is 0.334 e. The molecule has 2 aromatic rings. The van der Waals surface area contributed by atoms with Gasteiger partial charge in [-0.3, -0.25) is 0 Å². The number of halogens is 2. The van der Waals surface area contributed by atoms with Gasteiger partial charge >= 0.3 is 0 Å². The van der Waals surface area contributed by atoms with Crippen LogP contribution in [0.4, 0.5) is 4.39 Å². The molecule has 0 aliphatic heterocycles. The molecule has 2 rings (SSSR count). The van der Waals surface area contributed by atoms with E-state index in [0.717, 1.165) is 5.52 Å². The summed E-state index contributed by atoms with van der Waals surface area (Å²) >= 11 is 3.12. The molecule has 0 saturated carbocycles. The van der Waals surface area contributed by atoms with Gasteiger partial charge in [0.2, 0.25) is 0 Å². The number of aryl methyl sites for hydroxylation is 1. The zero-order valence-corrected chi connectivity index (χ0v) is 7.97. The lowest BCUT2D eigenvalue weighted by Gasteiger charge is -1.96. The minimum absolute atomic E-state index is 0.277. The van der Waals surface area contributed by atoms with E-state index in [0.29, 0.717) is 9.99 Å². The lowest BCUT2D eigenvalue weighted by Crippen LogP contribution is -1.84. The molecular weight excluding hydrogens is 223 g/mol. The van der Waals surface area contributed by atoms with Gasteiger partial charge in [-0.25, -0.2) is 9.37 Å². The van der Waals surface area contributed by atoms with Gasteiger partial charge in [0.1, 0.15) is 5.82 Å². The van der Waals surface area contributed by atoms with Crippen molar-refractivity contribution in [3.63, 3.8) is 0 Å². The Morgan fingerprint density at radius 1 is 1.50 bits per heavy atom. The van der Waals surface area contributed by atoms with Crippen molar-refractivity contribution in [2.45, 2.75) is 0 Å². The van der Waals surface area contributed by atoms with Crippen LogP contribution in [0.15, 0.2) is 22.9 Å². The molecule has 12 heavy (non-hydrogen) atoms. The number of nitrogens with zero attached hydrogens (tertiary/aromatic N) is 2. The van der Waals surface area contributed by atoms with Gasteiger partial charge in [-0.2, -0.15) is 0 Å². The fraction of sp³-hybridized carbons (Fsp3) is 0.125. The molecule has 1 aromatic carbocycles. The van der Waals surface area contributed by atoms with E-state index in [1.807, 2.05) is 11.6 Å². The van der Waals surface area contributed by atoms with E-state index in [2.05, 4.69) is 20.9 Å². The predicted molar refractivity (Wildman–Crippen MR) is 48.4 cm³/mol. The third-order valence-electron chi connectivity index (χ3n) is 1.77. The predicted octanol–water partition coefficient (Wildman–Crippen LogP) is 2.47. The Hall–Kier alpha value is -0.900. The van der Waals surface area contributed by atoms with E-state index >= 15 is 0 Å². The van der Waals surface area contributed by atoms with Crippen molar-refractivity contribution >= 4 is 27.0 Å². The Balaban J connectivity index is 2.87. The average Bonchev–Trinajstić information content (AvgIpc) is 2.35. The van der Waals surface area contributed by atoms with Crippen molar-refractivity contribution in [3.05, 3.63) is 28.7 Å². The second-order valence-corrected chi connectivity index (χ2v) is 3.46. The molecule has 62 valence electrons. The SMILES string of the molecule is Cn1cnc2cc(F)c(Br)cc21. The summed E-state index contributed by atoms with van der Waals surface area (Å²) in [5, 5.41) is 0. The van der Waals surface area contributed by atoms with Gasteiger partial charge in [-0.05, 0) is 22.0 Å². The molecule has 0 saturated heterocycles. The smallest absolute Gasteiger partial charge is 0.139 e. The number of imidazole rings is 1. The molecule has 1 heterocycles. The first-order valence-corrected chi connectivity index (χ1v) is 4.24. The Morgan fingerprint density at radius 2 is 2.25 bits per heavy atom. The van der Waals surface area contributed by atoms with Gasteiger partial charge in [0.15, 0.2) is 0 Å². The zero-order valence-electron chi connectivity index (χ0n) is 6.38. The molecule has 0 radical (unpaired) electrons. The molecule has 0 aliphatic rings. The molecule has 0 N–H and O–H groups in total. The molecule has 0 spiro atoms. The van der Waals surface area contributed by atoms with Crippen molar-refractivity contribution < 1.29 is 4.39 Å². The summed E-state index contributed by atoms with van der Waals surface area (Å²) in [5.41, 5.74) is 1.60. The van der Waals surface area contributed by atoms with Crippen LogP contribution in [0.25, 0.3) is 11.0 Å². The molecule has 0 bridgehead atoms. The van der Waals surface area contributed by atoms with Crippen LogP contribution in [0, 0.1) is 5.82 Å². The number of benzene rings is 1. The second-order valence-electron chi connectivity index (χ2n) is 2.61. The number of aromatic nitrogens is 2. The van der Waals surface area contributed by atoms with Crippen LogP contribution in [0.1, 0.15) is 0 Å². The van der Waals surface area contributed by atoms with Crippen molar-refractivity contribution in [3.8, 4) is 0 Å². The zero-order chi connectivity index (χ0) is 8.72. The van der Waals surface area contributed by atoms with E-state index in [9.17, 15) is 4.39 Å². The monoisotopic (exact) mass is 228 g/mol. The van der Waals surface area contributed by atoms with E-state index < -0.39 is 0 Å². The first-order valence-electron chi connectivity index (χ1n) is 3.44. The summed E-state index contributed by atoms with van der Waals surface area (Å²) in [6.07, 6.45) is 1.66. The molecular formula is C8H6BrFN2. The van der Waals surface area contributed by atoms with Gasteiger partial charge in [0.05, 0.1) is 21.8 Å². The molecule has 0 unspecified atom stereocenters. The van der Waals surface area contributed by atoms with Crippen LogP contribution in [-0.4, -0.2) is 9.55 Å². The summed E-state index contributed by atoms with van der Waals surface area (Å²) in [6.45, 7) is 0. The molecule has 0 amide bonds. The highest BCUT2D eigenvalue weighted by molar-refractivity contribution is 9.10. The van der Waals surface area contributed by atoms with Gasteiger partial charge in [-0.15, -0.1) is 0 Å². The first kappa shape index (κ1) is 7.73. The van der Waals surface area contributed by atoms with Crippen molar-refractivity contribution in [1.29, 1.82) is 0 Å². The van der Waals surface area contributed by atoms with E-state index in [4.69, 9.17) is 0 Å². The molecule has 0 atom stereocenters. The number of fused-ring (bicyclic) bond motifs is 1. The summed E-state index contributed by atoms with van der Waals surface area (Å²) in [4.78, 5) is 4.02. The number of hydrogen-bond donors (Lipinski definition) is 0. The van der Waals surface area contributed by atoms with Crippen molar-refractivity contribution in [2.24, 2.45) is 7.05 Å². The first-order chi connectivity index (χ1) is 5.68. The highest BCUT2D eigenvalue weighted by Gasteiger charge is 2.04. The Bertz CT molecular complexity index is 436. The number of rotatable bonds is 0. The average molecular weight is 229 g/mol. The Morgan fingerprint density at radius 3 is 3.00 bits per heavy atom. The third kappa shape index (κ3) is 1.03. The lowest BCUT2D eigenvalue weighted by molar-refractivity contribution is 0.623. The van der Waals surface area contributed by atoms with Gasteiger partial charge in [-0.1, -0.05) is 0 Å². The maximum Gasteiger partial charge on any atom is 0.139 e. The fourth-order valence-electron chi connectivity index (χ4n) is 1.12. The van der Waals surface area contributed by atoms with Crippen LogP contribution in [-0.2, 0) is 7.05 Å². The van der Waals surface area contributed by atoms with Crippen LogP contribution in [0.5, 0.6) is 0 Å². The van der Waals surface area contributed by atoms with Crippen LogP contribution >= 0.6 is 15.9 Å². The second kappa shape index (κ2) is 2.55. The topological polar surface area (TPSA) is 17.8 Å². The normalized spacial score (nSPS) is 10.9. The maximum absolute atomic E-state index is 13.0. The third-order valence-corrected chi connectivity index (χ3v) is 2.38. The number of hydrogen-bond acceptors (Lipinski definition) is 1. The summed E-state index contributed by atoms with van der Waals surface area (Å²) in [5.74, 6) is -0.277. The van der Waals surface area contributed by atoms with Crippen molar-refractivity contribution in [2.75, 3.05) is 0 Å². The Kier molecular flexibility index (Phi) is 1.65. The fourth-order valence-corrected chi connectivity index (χ4v) is 1.45. The standard InChI is InChI=1S/C8H6BrFN2/c1-12-4-11-7-3-6(10)5(9)2-8(7)12/h2-4H,1H3. The molecule has 0 fully saturated rings. The van der Waals surface area contributed by atoms with Crippen LogP contribution in [0.3, 0.4) is 0 Å². The summed E-state index contributed by atoms with van der Waals surface area (Å²) in [7, 11) is 1.87. The van der Waals surface area contributed by atoms with Crippen LogP contribution in [0.2, 0.25) is 0 Å². The maximum atomic E-state index is 13.0. The van der Waals surface area contributed by atoms with E-state index in [1.54, 1.807) is 12.4 Å². The molecule has 0 aliphatic carbocycles. The molecule has 4 heteroatoms. The Labute approximate surface area is 77.1 Å². The van der Waals surface area contributed by atoms with Gasteiger partial charge in [0, 0.05) is 13.1 Å². The molecule has 2 nitrogen and oxygen atoms in total. The minimum Gasteiger partial charge on any atom is -0.334 e. The molecule has 1 aromatic heterocycles. The van der Waals surface area contributed by atoms with E-state index in [1.165, 1.54) is 6.07 Å². The quantitative estimate of drug-likeness (QED) is 0.678. The highest BCUT2D eigenvalue weighted by atomic mass is 79.9. The van der Waals surface area contributed by atoms with E-state index in [-0.39, 0.29) is 5.82 Å². The lowest BCUT2D eigenvalue weighted by atomic mass is 10.3. The highest BCUT2D eigenvalue weighted by Crippen LogP contribution is 2.21. The minimum atomic E-state index is -0.277. The summed E-state index contributed by atoms with van der Waals surface area (Å²) in [6, 6.07) is 3.14. The van der Waals surface area contributed by atoms with Gasteiger partial charge in [0.25, 0.3) is 0 Å².